The summed E-state index contributed by atoms with van der Waals surface area (Å²) < 4.78 is 6.33. The van der Waals surface area contributed by atoms with Crippen LogP contribution in [0.25, 0.3) is 0 Å². The third-order valence-corrected chi connectivity index (χ3v) is 2.87. The number of likely N-dealkylation sites (tertiary alicyclic amines) is 1. The third-order valence-electron chi connectivity index (χ3n) is 2.87. The van der Waals surface area contributed by atoms with Gasteiger partial charge in [-0.3, -0.25) is 14.4 Å². The maximum absolute atomic E-state index is 11.5. The Balaban J connectivity index is 2.05. The molecular weight excluding hydrogens is 224 g/mol. The van der Waals surface area contributed by atoms with Crippen molar-refractivity contribution in [1.29, 1.82) is 0 Å². The van der Waals surface area contributed by atoms with E-state index in [1.807, 2.05) is 4.90 Å². The minimum atomic E-state index is -0.490. The molecular formula is C10H16N4O3. The smallest absolute Gasteiger partial charge is 0.323 e. The first-order chi connectivity index (χ1) is 8.10. The van der Waals surface area contributed by atoms with Crippen molar-refractivity contribution >= 4 is 5.97 Å². The van der Waals surface area contributed by atoms with Crippen molar-refractivity contribution in [2.75, 3.05) is 13.7 Å². The third kappa shape index (κ3) is 2.62. The number of rotatable bonds is 3. The van der Waals surface area contributed by atoms with Crippen LogP contribution < -0.4 is 0 Å². The molecule has 1 N–H and O–H groups in total. The van der Waals surface area contributed by atoms with Gasteiger partial charge in [-0.25, -0.2) is 0 Å². The zero-order valence-corrected chi connectivity index (χ0v) is 9.91. The van der Waals surface area contributed by atoms with Crippen LogP contribution in [-0.4, -0.2) is 56.8 Å². The average molecular weight is 240 g/mol. The molecule has 94 valence electrons. The Bertz CT molecular complexity index is 406. The molecule has 2 atom stereocenters. The molecule has 1 aliphatic heterocycles. The highest BCUT2D eigenvalue weighted by Crippen LogP contribution is 2.20. The molecule has 1 aromatic rings. The lowest BCUT2D eigenvalue weighted by Crippen LogP contribution is -2.36. The van der Waals surface area contributed by atoms with E-state index in [1.54, 1.807) is 17.9 Å². The van der Waals surface area contributed by atoms with Gasteiger partial charge in [-0.1, -0.05) is 5.21 Å². The highest BCUT2D eigenvalue weighted by atomic mass is 16.5. The Kier molecular flexibility index (Phi) is 3.39. The maximum Gasteiger partial charge on any atom is 0.323 e. The van der Waals surface area contributed by atoms with E-state index in [4.69, 9.17) is 4.74 Å². The maximum atomic E-state index is 11.5. The topological polar surface area (TPSA) is 80.5 Å². The number of hydrogen-bond donors (Lipinski definition) is 1. The number of aromatic nitrogens is 3. The van der Waals surface area contributed by atoms with Gasteiger partial charge in [0.1, 0.15) is 6.04 Å². The molecule has 1 saturated heterocycles. The van der Waals surface area contributed by atoms with Crippen molar-refractivity contribution in [2.24, 2.45) is 7.05 Å². The van der Waals surface area contributed by atoms with Crippen molar-refractivity contribution < 1.29 is 14.6 Å². The zero-order chi connectivity index (χ0) is 12.4. The van der Waals surface area contributed by atoms with Crippen molar-refractivity contribution in [2.45, 2.75) is 25.1 Å². The summed E-state index contributed by atoms with van der Waals surface area (Å²) >= 11 is 0. The van der Waals surface area contributed by atoms with Crippen LogP contribution in [0, 0.1) is 0 Å². The van der Waals surface area contributed by atoms with E-state index in [2.05, 4.69) is 10.3 Å². The van der Waals surface area contributed by atoms with Gasteiger partial charge in [0, 0.05) is 32.8 Å². The number of methoxy groups -OCH3 is 1. The minimum Gasteiger partial charge on any atom is -0.468 e. The quantitative estimate of drug-likeness (QED) is 0.677. The molecule has 7 heteroatoms. The van der Waals surface area contributed by atoms with E-state index in [9.17, 15) is 9.90 Å². The molecule has 2 rings (SSSR count). The average Bonchev–Trinajstić information content (AvgIpc) is 2.85. The fourth-order valence-corrected chi connectivity index (χ4v) is 2.11. The monoisotopic (exact) mass is 240 g/mol. The molecule has 0 radical (unpaired) electrons. The van der Waals surface area contributed by atoms with Gasteiger partial charge in [-0.15, -0.1) is 5.10 Å². The number of nitrogens with zero attached hydrogens (tertiary/aromatic N) is 4. The van der Waals surface area contributed by atoms with Crippen LogP contribution in [0.4, 0.5) is 0 Å². The number of β-amino-alcohol motifs (C(OH)–C–C–N with tert-alkyl or cyclic N) is 1. The van der Waals surface area contributed by atoms with Crippen molar-refractivity contribution in [3.05, 3.63) is 11.9 Å². The summed E-state index contributed by atoms with van der Waals surface area (Å²) in [7, 11) is 3.14. The van der Waals surface area contributed by atoms with Crippen LogP contribution in [0.1, 0.15) is 12.1 Å². The van der Waals surface area contributed by atoms with Crippen molar-refractivity contribution in [1.82, 2.24) is 19.9 Å². The van der Waals surface area contributed by atoms with E-state index in [0.717, 1.165) is 5.69 Å². The Hall–Kier alpha value is -1.47. The highest BCUT2D eigenvalue weighted by Gasteiger charge is 2.36. The second kappa shape index (κ2) is 4.80. The lowest BCUT2D eigenvalue weighted by molar-refractivity contribution is -0.146. The lowest BCUT2D eigenvalue weighted by atomic mass is 10.2. The van der Waals surface area contributed by atoms with Gasteiger partial charge in [-0.05, 0) is 0 Å². The van der Waals surface area contributed by atoms with Gasteiger partial charge in [0.05, 0.1) is 18.9 Å². The summed E-state index contributed by atoms with van der Waals surface area (Å²) in [6.45, 7) is 0.945. The minimum absolute atomic E-state index is 0.314. The number of carbonyl (C=O) groups excluding carboxylic acids is 1. The Morgan fingerprint density at radius 2 is 2.47 bits per heavy atom. The number of aliphatic hydroxyl groups is 1. The molecule has 2 unspecified atom stereocenters. The Labute approximate surface area is 99.0 Å². The van der Waals surface area contributed by atoms with Crippen LogP contribution in [0.15, 0.2) is 6.20 Å². The van der Waals surface area contributed by atoms with Crippen LogP contribution in [0.2, 0.25) is 0 Å². The first-order valence-corrected chi connectivity index (χ1v) is 5.45. The Morgan fingerprint density at radius 1 is 1.71 bits per heavy atom. The van der Waals surface area contributed by atoms with E-state index < -0.39 is 12.1 Å². The molecule has 0 bridgehead atoms. The van der Waals surface area contributed by atoms with E-state index >= 15 is 0 Å². The van der Waals surface area contributed by atoms with Gasteiger partial charge >= 0.3 is 5.97 Å². The SMILES string of the molecule is COC(=O)C1CC(O)CN1Cc1cn(C)nn1. The van der Waals surface area contributed by atoms with Crippen LogP contribution in [0.5, 0.6) is 0 Å². The molecule has 0 saturated carbocycles. The number of aliphatic hydroxyl groups excluding tert-OH is 1. The predicted molar refractivity (Wildman–Crippen MR) is 57.8 cm³/mol. The second-order valence-corrected chi connectivity index (χ2v) is 4.24. The van der Waals surface area contributed by atoms with E-state index in [1.165, 1.54) is 7.11 Å². The molecule has 1 aromatic heterocycles. The summed E-state index contributed by atoms with van der Waals surface area (Å²) in [5.41, 5.74) is 0.774. The summed E-state index contributed by atoms with van der Waals surface area (Å²) in [6, 6.07) is -0.392. The van der Waals surface area contributed by atoms with Crippen LogP contribution in [-0.2, 0) is 23.1 Å². The van der Waals surface area contributed by atoms with E-state index in [0.29, 0.717) is 19.5 Å². The fraction of sp³-hybridized carbons (Fsp3) is 0.700. The molecule has 1 aliphatic rings. The molecule has 0 aromatic carbocycles. The highest BCUT2D eigenvalue weighted by molar-refractivity contribution is 5.76. The number of ether oxygens (including phenoxy) is 1. The molecule has 0 aliphatic carbocycles. The summed E-state index contributed by atoms with van der Waals surface area (Å²) in [6.07, 6.45) is 1.71. The molecule has 1 fully saturated rings. The van der Waals surface area contributed by atoms with Crippen LogP contribution >= 0.6 is 0 Å². The number of esters is 1. The van der Waals surface area contributed by atoms with Crippen molar-refractivity contribution in [3.8, 4) is 0 Å². The predicted octanol–water partition coefficient (Wildman–Crippen LogP) is -1.08. The normalized spacial score (nSPS) is 25.1. The second-order valence-electron chi connectivity index (χ2n) is 4.24. The number of hydrogen-bond acceptors (Lipinski definition) is 6. The molecule has 0 amide bonds. The molecule has 2 heterocycles. The fourth-order valence-electron chi connectivity index (χ4n) is 2.11. The lowest BCUT2D eigenvalue weighted by Gasteiger charge is -2.20. The first kappa shape index (κ1) is 12.0. The largest absolute Gasteiger partial charge is 0.468 e. The Morgan fingerprint density at radius 3 is 3.06 bits per heavy atom. The standard InChI is InChI=1S/C10H16N4O3/c1-13-4-7(11-12-13)5-14-6-8(15)3-9(14)10(16)17-2/h4,8-9,15H,3,5-6H2,1-2H3. The summed E-state index contributed by atoms with van der Waals surface area (Å²) in [5, 5.41) is 17.4. The summed E-state index contributed by atoms with van der Waals surface area (Å²) in [4.78, 5) is 13.4. The van der Waals surface area contributed by atoms with Gasteiger partial charge in [0.2, 0.25) is 0 Å². The van der Waals surface area contributed by atoms with Crippen molar-refractivity contribution in [3.63, 3.8) is 0 Å². The van der Waals surface area contributed by atoms with Gasteiger partial charge in [-0.2, -0.15) is 0 Å². The zero-order valence-electron chi connectivity index (χ0n) is 9.91. The van der Waals surface area contributed by atoms with Gasteiger partial charge in [0.15, 0.2) is 0 Å². The molecule has 0 spiro atoms. The summed E-state index contributed by atoms with van der Waals surface area (Å²) in [5.74, 6) is -0.314. The number of aryl methyl sites for hydroxylation is 1. The first-order valence-electron chi connectivity index (χ1n) is 5.45. The van der Waals surface area contributed by atoms with Crippen LogP contribution in [0.3, 0.4) is 0 Å². The van der Waals surface area contributed by atoms with E-state index in [-0.39, 0.29) is 5.97 Å². The van der Waals surface area contributed by atoms with Gasteiger partial charge < -0.3 is 9.84 Å². The molecule has 7 nitrogen and oxygen atoms in total. The number of carbonyl (C=O) groups is 1. The van der Waals surface area contributed by atoms with Gasteiger partial charge in [0.25, 0.3) is 0 Å². The molecule has 17 heavy (non-hydrogen) atoms.